The van der Waals surface area contributed by atoms with Crippen molar-refractivity contribution in [2.24, 2.45) is 0 Å². The number of hydrogen-bond acceptors (Lipinski definition) is 1. The summed E-state index contributed by atoms with van der Waals surface area (Å²) >= 11 is 0. The molecule has 0 atom stereocenters. The third-order valence-corrected chi connectivity index (χ3v) is 1.81. The van der Waals surface area contributed by atoms with Gasteiger partial charge >= 0.3 is 0 Å². The molecule has 0 unspecified atom stereocenters. The molecule has 1 nitrogen and oxygen atoms in total. The molecule has 1 heteroatoms. The molecule has 0 aliphatic heterocycles. The second-order valence-corrected chi connectivity index (χ2v) is 2.80. The molecule has 0 saturated heterocycles. The first-order valence-corrected chi connectivity index (χ1v) is 3.74. The normalized spacial score (nSPS) is 9.64. The van der Waals surface area contributed by atoms with Crippen LogP contribution in [0.2, 0.25) is 0 Å². The number of aldehydes is 1. The third kappa shape index (κ3) is 1.90. The first kappa shape index (κ1) is 7.99. The highest BCUT2D eigenvalue weighted by atomic mass is 16.1. The van der Waals surface area contributed by atoms with Crippen LogP contribution >= 0.6 is 0 Å². The molecule has 0 radical (unpaired) electrons. The summed E-state index contributed by atoms with van der Waals surface area (Å²) < 4.78 is 0. The van der Waals surface area contributed by atoms with Crippen molar-refractivity contribution >= 4 is 6.29 Å². The number of benzene rings is 1. The van der Waals surface area contributed by atoms with Crippen molar-refractivity contribution in [3.05, 3.63) is 34.9 Å². The minimum atomic E-state index is 0.535. The van der Waals surface area contributed by atoms with Crippen LogP contribution in [0.15, 0.2) is 18.2 Å². The van der Waals surface area contributed by atoms with E-state index in [1.54, 1.807) is 0 Å². The molecule has 58 valence electrons. The zero-order chi connectivity index (χ0) is 8.27. The van der Waals surface area contributed by atoms with E-state index in [0.717, 1.165) is 11.8 Å². The van der Waals surface area contributed by atoms with Gasteiger partial charge in [-0.05, 0) is 25.0 Å². The van der Waals surface area contributed by atoms with Gasteiger partial charge in [-0.2, -0.15) is 0 Å². The Hall–Kier alpha value is -1.11. The van der Waals surface area contributed by atoms with Gasteiger partial charge in [0.05, 0.1) is 0 Å². The highest BCUT2D eigenvalue weighted by Crippen LogP contribution is 2.09. The van der Waals surface area contributed by atoms with Crippen LogP contribution in [0, 0.1) is 13.8 Å². The highest BCUT2D eigenvalue weighted by molar-refractivity contribution is 5.56. The largest absolute Gasteiger partial charge is 0.303 e. The van der Waals surface area contributed by atoms with Gasteiger partial charge in [0.2, 0.25) is 0 Å². The summed E-state index contributed by atoms with van der Waals surface area (Å²) in [6.07, 6.45) is 1.48. The molecule has 1 aromatic rings. The monoisotopic (exact) mass is 148 g/mol. The summed E-state index contributed by atoms with van der Waals surface area (Å²) in [5.41, 5.74) is 3.55. The Bertz CT molecular complexity index is 264. The van der Waals surface area contributed by atoms with Crippen LogP contribution in [0.25, 0.3) is 0 Å². The van der Waals surface area contributed by atoms with Crippen LogP contribution in [0.1, 0.15) is 16.7 Å². The fourth-order valence-corrected chi connectivity index (χ4v) is 1.11. The number of rotatable bonds is 2. The first-order valence-electron chi connectivity index (χ1n) is 3.74. The molecule has 0 bridgehead atoms. The van der Waals surface area contributed by atoms with Gasteiger partial charge in [0.1, 0.15) is 6.29 Å². The fourth-order valence-electron chi connectivity index (χ4n) is 1.11. The zero-order valence-electron chi connectivity index (χ0n) is 6.92. The molecule has 0 fully saturated rings. The van der Waals surface area contributed by atoms with Gasteiger partial charge in [-0.25, -0.2) is 0 Å². The standard InChI is InChI=1S/C10H12O/c1-8-3-4-9(2)10(7-8)5-6-11/h3-4,6-7H,5H2,1-2H3. The van der Waals surface area contributed by atoms with Crippen LogP contribution < -0.4 is 0 Å². The van der Waals surface area contributed by atoms with Gasteiger partial charge in [-0.15, -0.1) is 0 Å². The van der Waals surface area contributed by atoms with E-state index in [9.17, 15) is 4.79 Å². The predicted molar refractivity (Wildman–Crippen MR) is 45.7 cm³/mol. The molecule has 0 aromatic heterocycles. The maximum atomic E-state index is 10.2. The van der Waals surface area contributed by atoms with Crippen molar-refractivity contribution in [1.29, 1.82) is 0 Å². The summed E-state index contributed by atoms with van der Waals surface area (Å²) in [5, 5.41) is 0. The Kier molecular flexibility index (Phi) is 2.42. The van der Waals surface area contributed by atoms with Crippen molar-refractivity contribution in [3.63, 3.8) is 0 Å². The zero-order valence-corrected chi connectivity index (χ0v) is 6.92. The molecule has 0 N–H and O–H groups in total. The van der Waals surface area contributed by atoms with Gasteiger partial charge < -0.3 is 4.79 Å². The van der Waals surface area contributed by atoms with E-state index in [-0.39, 0.29) is 0 Å². The lowest BCUT2D eigenvalue weighted by atomic mass is 10.0. The minimum Gasteiger partial charge on any atom is -0.303 e. The SMILES string of the molecule is Cc1ccc(C)c(CC=O)c1. The summed E-state index contributed by atoms with van der Waals surface area (Å²) in [4.78, 5) is 10.2. The molecule has 0 amide bonds. The Labute approximate surface area is 67.1 Å². The lowest BCUT2D eigenvalue weighted by Gasteiger charge is -2.01. The molecule has 1 aromatic carbocycles. The lowest BCUT2D eigenvalue weighted by Crippen LogP contribution is -1.90. The molecular weight excluding hydrogens is 136 g/mol. The maximum absolute atomic E-state index is 10.2. The lowest BCUT2D eigenvalue weighted by molar-refractivity contribution is -0.107. The summed E-state index contributed by atoms with van der Waals surface area (Å²) in [6, 6.07) is 6.17. The fraction of sp³-hybridized carbons (Fsp3) is 0.300. The van der Waals surface area contributed by atoms with Gasteiger partial charge in [-0.3, -0.25) is 0 Å². The summed E-state index contributed by atoms with van der Waals surface area (Å²) in [7, 11) is 0. The molecule has 0 saturated carbocycles. The molecule has 11 heavy (non-hydrogen) atoms. The second-order valence-electron chi connectivity index (χ2n) is 2.80. The Morgan fingerprint density at radius 1 is 1.36 bits per heavy atom. The van der Waals surface area contributed by atoms with Crippen molar-refractivity contribution in [2.75, 3.05) is 0 Å². The van der Waals surface area contributed by atoms with Crippen molar-refractivity contribution in [3.8, 4) is 0 Å². The van der Waals surface area contributed by atoms with E-state index in [2.05, 4.69) is 12.1 Å². The number of carbonyl (C=O) groups is 1. The summed E-state index contributed by atoms with van der Waals surface area (Å²) in [6.45, 7) is 4.06. The Morgan fingerprint density at radius 3 is 2.73 bits per heavy atom. The minimum absolute atomic E-state index is 0.535. The third-order valence-electron chi connectivity index (χ3n) is 1.81. The van der Waals surface area contributed by atoms with Crippen LogP contribution in [-0.2, 0) is 11.2 Å². The Morgan fingerprint density at radius 2 is 2.09 bits per heavy atom. The van der Waals surface area contributed by atoms with Crippen LogP contribution in [0.3, 0.4) is 0 Å². The molecule has 1 rings (SSSR count). The van der Waals surface area contributed by atoms with Gasteiger partial charge in [-0.1, -0.05) is 23.8 Å². The van der Waals surface area contributed by atoms with E-state index in [1.165, 1.54) is 11.1 Å². The molecule has 0 spiro atoms. The number of hydrogen-bond donors (Lipinski definition) is 0. The van der Waals surface area contributed by atoms with Crippen molar-refractivity contribution in [2.45, 2.75) is 20.3 Å². The number of aryl methyl sites for hydroxylation is 2. The maximum Gasteiger partial charge on any atom is 0.124 e. The van der Waals surface area contributed by atoms with Crippen LogP contribution in [-0.4, -0.2) is 6.29 Å². The smallest absolute Gasteiger partial charge is 0.124 e. The summed E-state index contributed by atoms with van der Waals surface area (Å²) in [5.74, 6) is 0. The first-order chi connectivity index (χ1) is 5.24. The van der Waals surface area contributed by atoms with Crippen LogP contribution in [0.5, 0.6) is 0 Å². The molecule has 0 heterocycles. The van der Waals surface area contributed by atoms with Crippen molar-refractivity contribution in [1.82, 2.24) is 0 Å². The van der Waals surface area contributed by atoms with Crippen molar-refractivity contribution < 1.29 is 4.79 Å². The quantitative estimate of drug-likeness (QED) is 0.586. The average Bonchev–Trinajstić information content (AvgIpc) is 1.98. The van der Waals surface area contributed by atoms with Gasteiger partial charge in [0.15, 0.2) is 0 Å². The second kappa shape index (κ2) is 3.33. The van der Waals surface area contributed by atoms with E-state index in [1.807, 2.05) is 19.9 Å². The molecular formula is C10H12O. The molecule has 0 aliphatic rings. The predicted octanol–water partition coefficient (Wildman–Crippen LogP) is 2.04. The average molecular weight is 148 g/mol. The van der Waals surface area contributed by atoms with Gasteiger partial charge in [0.25, 0.3) is 0 Å². The van der Waals surface area contributed by atoms with E-state index in [4.69, 9.17) is 0 Å². The van der Waals surface area contributed by atoms with Crippen LogP contribution in [0.4, 0.5) is 0 Å². The highest BCUT2D eigenvalue weighted by Gasteiger charge is 1.96. The van der Waals surface area contributed by atoms with E-state index in [0.29, 0.717) is 6.42 Å². The topological polar surface area (TPSA) is 17.1 Å². The number of carbonyl (C=O) groups excluding carboxylic acids is 1. The van der Waals surface area contributed by atoms with Gasteiger partial charge in [0, 0.05) is 6.42 Å². The van der Waals surface area contributed by atoms with E-state index < -0.39 is 0 Å². The van der Waals surface area contributed by atoms with E-state index >= 15 is 0 Å². The Balaban J connectivity index is 3.01. The molecule has 0 aliphatic carbocycles.